The molecule has 0 amide bonds. The molecule has 92 valence electrons. The highest BCUT2D eigenvalue weighted by Crippen LogP contribution is 2.39. The summed E-state index contributed by atoms with van der Waals surface area (Å²) in [6, 6.07) is 1.44. The Morgan fingerprint density at radius 2 is 2.19 bits per heavy atom. The first-order chi connectivity index (χ1) is 7.32. The van der Waals surface area contributed by atoms with Crippen LogP contribution < -0.4 is 5.14 Å². The van der Waals surface area contributed by atoms with Gasteiger partial charge in [0, 0.05) is 5.25 Å². The molecule has 0 aliphatic carbocycles. The summed E-state index contributed by atoms with van der Waals surface area (Å²) in [7, 11) is -1.72. The summed E-state index contributed by atoms with van der Waals surface area (Å²) in [5, 5.41) is 7.47. The molecule has 3 atom stereocenters. The molecule has 1 rings (SSSR count). The molecule has 0 fully saturated rings. The lowest BCUT2D eigenvalue weighted by molar-refractivity contribution is -0.151. The van der Waals surface area contributed by atoms with Gasteiger partial charge in [0.2, 0.25) is 0 Å². The molecule has 1 aromatic heterocycles. The van der Waals surface area contributed by atoms with Crippen LogP contribution in [-0.2, 0) is 11.0 Å². The van der Waals surface area contributed by atoms with E-state index in [2.05, 4.69) is 0 Å². The monoisotopic (exact) mass is 271 g/mol. The Kier molecular flexibility index (Phi) is 4.52. The van der Waals surface area contributed by atoms with Crippen LogP contribution in [0, 0.1) is 0 Å². The van der Waals surface area contributed by atoms with Crippen molar-refractivity contribution in [2.24, 2.45) is 5.14 Å². The van der Waals surface area contributed by atoms with Gasteiger partial charge < -0.3 is 0 Å². The van der Waals surface area contributed by atoms with E-state index in [1.54, 1.807) is 5.38 Å². The highest BCUT2D eigenvalue weighted by atomic mass is 32.2. The van der Waals surface area contributed by atoms with Gasteiger partial charge in [0.25, 0.3) is 0 Å². The van der Waals surface area contributed by atoms with E-state index in [0.717, 1.165) is 0 Å². The van der Waals surface area contributed by atoms with Crippen LogP contribution in [0.4, 0.5) is 13.2 Å². The number of thiophene rings is 1. The number of nitrogens with two attached hydrogens (primary N) is 1. The molecule has 0 saturated carbocycles. The van der Waals surface area contributed by atoms with Crippen LogP contribution in [0.25, 0.3) is 0 Å². The van der Waals surface area contributed by atoms with Crippen LogP contribution in [0.1, 0.15) is 24.8 Å². The lowest BCUT2D eigenvalue weighted by atomic mass is 9.96. The number of hydrogen-bond donors (Lipinski definition) is 1. The molecular formula is C9H12F3NOS2. The van der Waals surface area contributed by atoms with Gasteiger partial charge in [-0.1, -0.05) is 0 Å². The van der Waals surface area contributed by atoms with E-state index in [4.69, 9.17) is 5.14 Å². The Hall–Kier alpha value is -0.400. The summed E-state index contributed by atoms with van der Waals surface area (Å²) < 4.78 is 49.2. The first-order valence-electron chi connectivity index (χ1n) is 4.56. The van der Waals surface area contributed by atoms with Crippen molar-refractivity contribution < 1.29 is 17.4 Å². The lowest BCUT2D eigenvalue weighted by Gasteiger charge is -2.21. The van der Waals surface area contributed by atoms with Gasteiger partial charge in [0.15, 0.2) is 0 Å². The van der Waals surface area contributed by atoms with Gasteiger partial charge >= 0.3 is 6.18 Å². The number of hydrogen-bond acceptors (Lipinski definition) is 2. The minimum Gasteiger partial charge on any atom is -0.252 e. The normalized spacial score (nSPS) is 18.1. The van der Waals surface area contributed by atoms with E-state index >= 15 is 0 Å². The standard InChI is InChI=1S/C9H12F3NOS2/c1-6(16(13)14)4-8(9(10,11)12)7-2-3-15-5-7/h2-3,5-6,8H,4,13H2,1H3/t6?,8-,16?/m0/s1. The van der Waals surface area contributed by atoms with Crippen molar-refractivity contribution in [2.75, 3.05) is 0 Å². The first kappa shape index (κ1) is 13.7. The molecule has 1 aromatic rings. The lowest BCUT2D eigenvalue weighted by Crippen LogP contribution is -2.28. The average Bonchev–Trinajstić information content (AvgIpc) is 2.63. The molecule has 0 aromatic carbocycles. The predicted molar refractivity (Wildman–Crippen MR) is 59.5 cm³/mol. The smallest absolute Gasteiger partial charge is 0.252 e. The molecule has 2 nitrogen and oxygen atoms in total. The van der Waals surface area contributed by atoms with Crippen LogP contribution in [0.15, 0.2) is 16.8 Å². The minimum absolute atomic E-state index is 0.217. The van der Waals surface area contributed by atoms with E-state index in [1.807, 2.05) is 0 Å². The molecule has 2 unspecified atom stereocenters. The third-order valence-electron chi connectivity index (χ3n) is 2.30. The summed E-state index contributed by atoms with van der Waals surface area (Å²) in [5.41, 5.74) is 0.217. The number of rotatable bonds is 4. The fourth-order valence-corrected chi connectivity index (χ4v) is 2.46. The van der Waals surface area contributed by atoms with E-state index in [0.29, 0.717) is 0 Å². The van der Waals surface area contributed by atoms with Crippen LogP contribution in [0.2, 0.25) is 0 Å². The van der Waals surface area contributed by atoms with Gasteiger partial charge in [-0.15, -0.1) is 0 Å². The van der Waals surface area contributed by atoms with Crippen molar-refractivity contribution in [1.82, 2.24) is 0 Å². The molecule has 7 heteroatoms. The summed E-state index contributed by atoms with van der Waals surface area (Å²) in [6.07, 6.45) is -4.57. The summed E-state index contributed by atoms with van der Waals surface area (Å²) in [4.78, 5) is 0. The highest BCUT2D eigenvalue weighted by Gasteiger charge is 2.41. The van der Waals surface area contributed by atoms with Crippen LogP contribution in [0.5, 0.6) is 0 Å². The summed E-state index contributed by atoms with van der Waals surface area (Å²) >= 11 is 1.21. The summed E-state index contributed by atoms with van der Waals surface area (Å²) in [6.45, 7) is 1.46. The SMILES string of the molecule is CC(C[C@@H](c1ccsc1)C(F)(F)F)S(N)=O. The van der Waals surface area contributed by atoms with Gasteiger partial charge in [-0.05, 0) is 35.7 Å². The van der Waals surface area contributed by atoms with Gasteiger partial charge in [0.05, 0.1) is 16.9 Å². The van der Waals surface area contributed by atoms with Crippen molar-refractivity contribution in [3.05, 3.63) is 22.4 Å². The van der Waals surface area contributed by atoms with E-state index in [-0.39, 0.29) is 12.0 Å². The molecule has 16 heavy (non-hydrogen) atoms. The second-order valence-corrected chi connectivity index (χ2v) is 5.77. The number of halogens is 3. The minimum atomic E-state index is -4.32. The molecular weight excluding hydrogens is 259 g/mol. The number of alkyl halides is 3. The van der Waals surface area contributed by atoms with Gasteiger partial charge in [-0.3, -0.25) is 5.14 Å². The Morgan fingerprint density at radius 3 is 2.56 bits per heavy atom. The topological polar surface area (TPSA) is 43.1 Å². The predicted octanol–water partition coefficient (Wildman–Crippen LogP) is 2.79. The van der Waals surface area contributed by atoms with E-state index in [1.165, 1.54) is 29.7 Å². The average molecular weight is 271 g/mol. The maximum absolute atomic E-state index is 12.8. The zero-order chi connectivity index (χ0) is 12.3. The zero-order valence-corrected chi connectivity index (χ0v) is 10.2. The first-order valence-corrected chi connectivity index (χ1v) is 6.78. The zero-order valence-electron chi connectivity index (χ0n) is 8.53. The molecule has 0 aliphatic rings. The van der Waals surface area contributed by atoms with Crippen LogP contribution in [0.3, 0.4) is 0 Å². The summed E-state index contributed by atoms with van der Waals surface area (Å²) in [5.74, 6) is -1.58. The fourth-order valence-electron chi connectivity index (χ4n) is 1.36. The molecule has 0 saturated heterocycles. The third kappa shape index (κ3) is 3.57. The maximum atomic E-state index is 12.8. The Balaban J connectivity index is 2.86. The highest BCUT2D eigenvalue weighted by molar-refractivity contribution is 7.83. The van der Waals surface area contributed by atoms with Crippen molar-refractivity contribution in [2.45, 2.75) is 30.7 Å². The molecule has 0 radical (unpaired) electrons. The van der Waals surface area contributed by atoms with Gasteiger partial charge in [0.1, 0.15) is 0 Å². The second kappa shape index (κ2) is 5.29. The van der Waals surface area contributed by atoms with E-state index < -0.39 is 28.3 Å². The maximum Gasteiger partial charge on any atom is 0.395 e. The third-order valence-corrected chi connectivity index (χ3v) is 3.99. The van der Waals surface area contributed by atoms with Crippen LogP contribution in [-0.4, -0.2) is 15.6 Å². The second-order valence-electron chi connectivity index (χ2n) is 3.53. The molecule has 0 aliphatic heterocycles. The molecule has 0 bridgehead atoms. The quantitative estimate of drug-likeness (QED) is 0.899. The molecule has 2 N–H and O–H groups in total. The Morgan fingerprint density at radius 1 is 1.56 bits per heavy atom. The van der Waals surface area contributed by atoms with E-state index in [9.17, 15) is 17.4 Å². The molecule has 0 spiro atoms. The Labute approximate surface area is 98.2 Å². The largest absolute Gasteiger partial charge is 0.395 e. The van der Waals surface area contributed by atoms with Gasteiger partial charge in [-0.2, -0.15) is 24.5 Å². The Bertz CT molecular complexity index is 350. The van der Waals surface area contributed by atoms with Crippen LogP contribution >= 0.6 is 11.3 Å². The van der Waals surface area contributed by atoms with Gasteiger partial charge in [-0.25, -0.2) is 4.21 Å². The van der Waals surface area contributed by atoms with Crippen molar-refractivity contribution >= 4 is 22.3 Å². The van der Waals surface area contributed by atoms with Crippen molar-refractivity contribution in [1.29, 1.82) is 0 Å². The molecule has 1 heterocycles. The fraction of sp³-hybridized carbons (Fsp3) is 0.556. The van der Waals surface area contributed by atoms with Crippen molar-refractivity contribution in [3.8, 4) is 0 Å². The van der Waals surface area contributed by atoms with Crippen molar-refractivity contribution in [3.63, 3.8) is 0 Å².